The van der Waals surface area contributed by atoms with Crippen molar-refractivity contribution in [1.82, 2.24) is 14.8 Å². The number of nitrogens with zero attached hydrogens (tertiary/aromatic N) is 4. The Morgan fingerprint density at radius 3 is 2.31 bits per heavy atom. The van der Waals surface area contributed by atoms with Crippen LogP contribution in [0.4, 0.5) is 5.69 Å². The van der Waals surface area contributed by atoms with E-state index in [1.807, 2.05) is 35.9 Å². The van der Waals surface area contributed by atoms with Crippen molar-refractivity contribution in [3.8, 4) is 5.82 Å². The van der Waals surface area contributed by atoms with Crippen LogP contribution in [0.1, 0.15) is 26.5 Å². The number of benzene rings is 2. The maximum atomic E-state index is 13.7. The Balaban J connectivity index is 1.80. The van der Waals surface area contributed by atoms with Crippen LogP contribution >= 0.6 is 23.2 Å². The Labute approximate surface area is 219 Å². The predicted octanol–water partition coefficient (Wildman–Crippen LogP) is 5.57. The zero-order valence-electron chi connectivity index (χ0n) is 20.1. The van der Waals surface area contributed by atoms with Gasteiger partial charge in [-0.1, -0.05) is 23.2 Å². The van der Waals surface area contributed by atoms with Gasteiger partial charge in [0.05, 0.1) is 21.8 Å². The summed E-state index contributed by atoms with van der Waals surface area (Å²) in [7, 11) is -4.23. The molecule has 2 heterocycles. The zero-order chi connectivity index (χ0) is 26.3. The molecule has 8 nitrogen and oxygen atoms in total. The minimum atomic E-state index is -4.23. The Morgan fingerprint density at radius 1 is 1.00 bits per heavy atom. The fourth-order valence-corrected chi connectivity index (χ4v) is 5.74. The van der Waals surface area contributed by atoms with Crippen molar-refractivity contribution in [1.29, 1.82) is 0 Å². The molecule has 2 aromatic carbocycles. The summed E-state index contributed by atoms with van der Waals surface area (Å²) in [5.41, 5.74) is 1.07. The molecule has 188 valence electrons. The van der Waals surface area contributed by atoms with Crippen molar-refractivity contribution >= 4 is 55.8 Å². The molecule has 0 saturated carbocycles. The van der Waals surface area contributed by atoms with Crippen LogP contribution in [0, 0.1) is 6.92 Å². The second-order valence-corrected chi connectivity index (χ2v) is 11.9. The van der Waals surface area contributed by atoms with Crippen molar-refractivity contribution in [2.75, 3.05) is 10.8 Å². The molecule has 4 rings (SSSR count). The number of sulfonamides is 1. The molecule has 0 aliphatic rings. The summed E-state index contributed by atoms with van der Waals surface area (Å²) < 4.78 is 35.7. The summed E-state index contributed by atoms with van der Waals surface area (Å²) in [6.07, 6.45) is 1.82. The normalized spacial score (nSPS) is 12.1. The molecule has 0 bridgehead atoms. The average molecular weight is 547 g/mol. The molecule has 0 amide bonds. The molecule has 4 aromatic rings. The number of halogens is 2. The number of carbonyl (C=O) groups excluding carboxylic acids is 1. The number of fused-ring (bicyclic) bond motifs is 1. The Hall–Kier alpha value is -3.14. The summed E-state index contributed by atoms with van der Waals surface area (Å²) in [4.78, 5) is 12.6. The van der Waals surface area contributed by atoms with Gasteiger partial charge in [-0.15, -0.1) is 5.10 Å². The molecule has 0 spiro atoms. The van der Waals surface area contributed by atoms with Crippen LogP contribution in [-0.4, -0.2) is 41.3 Å². The first-order chi connectivity index (χ1) is 16.8. The van der Waals surface area contributed by atoms with E-state index in [2.05, 4.69) is 10.2 Å². The number of hydrogen-bond donors (Lipinski definition) is 0. The highest BCUT2D eigenvalue weighted by molar-refractivity contribution is 7.92. The summed E-state index contributed by atoms with van der Waals surface area (Å²) in [5, 5.41) is 9.37. The van der Waals surface area contributed by atoms with Crippen LogP contribution in [0.5, 0.6) is 0 Å². The van der Waals surface area contributed by atoms with Gasteiger partial charge >= 0.3 is 5.97 Å². The molecule has 0 radical (unpaired) electrons. The van der Waals surface area contributed by atoms with E-state index in [0.717, 1.165) is 20.9 Å². The number of rotatable bonds is 6. The van der Waals surface area contributed by atoms with E-state index in [4.69, 9.17) is 27.9 Å². The van der Waals surface area contributed by atoms with Crippen molar-refractivity contribution in [2.45, 2.75) is 38.2 Å². The van der Waals surface area contributed by atoms with E-state index in [1.54, 1.807) is 39.0 Å². The minimum absolute atomic E-state index is 0.142. The molecule has 2 aromatic heterocycles. The molecule has 0 unspecified atom stereocenters. The molecule has 0 N–H and O–H groups in total. The van der Waals surface area contributed by atoms with Crippen molar-refractivity contribution in [2.24, 2.45) is 0 Å². The topological polar surface area (TPSA) is 94.4 Å². The number of anilines is 1. The monoisotopic (exact) mass is 546 g/mol. The highest BCUT2D eigenvalue weighted by Gasteiger charge is 2.30. The van der Waals surface area contributed by atoms with Crippen LogP contribution in [0.15, 0.2) is 65.7 Å². The van der Waals surface area contributed by atoms with Crippen molar-refractivity contribution in [3.05, 3.63) is 76.5 Å². The largest absolute Gasteiger partial charge is 0.459 e. The van der Waals surface area contributed by atoms with Gasteiger partial charge in [0.15, 0.2) is 5.82 Å². The summed E-state index contributed by atoms with van der Waals surface area (Å²) in [5.74, 6) is -0.0815. The SMILES string of the molecule is Cc1ccc(-n2ccc3cc(N(CC(=O)OC(C)(C)C)S(=O)(=O)c4cc(Cl)cc(Cl)c4)ccc32)nn1. The van der Waals surface area contributed by atoms with E-state index in [0.29, 0.717) is 5.82 Å². The number of ether oxygens (including phenoxy) is 1. The predicted molar refractivity (Wildman–Crippen MR) is 140 cm³/mol. The Kier molecular flexibility index (Phi) is 7.01. The number of aromatic nitrogens is 3. The first-order valence-corrected chi connectivity index (χ1v) is 13.2. The first-order valence-electron chi connectivity index (χ1n) is 11.0. The van der Waals surface area contributed by atoms with Gasteiger partial charge in [-0.05, 0) is 82.3 Å². The van der Waals surface area contributed by atoms with Crippen molar-refractivity contribution < 1.29 is 17.9 Å². The lowest BCUT2D eigenvalue weighted by Crippen LogP contribution is -2.39. The molecule has 0 aliphatic carbocycles. The lowest BCUT2D eigenvalue weighted by atomic mass is 10.2. The lowest BCUT2D eigenvalue weighted by molar-refractivity contribution is -0.152. The van der Waals surface area contributed by atoms with E-state index >= 15 is 0 Å². The Bertz CT molecular complexity index is 1520. The highest BCUT2D eigenvalue weighted by Crippen LogP contribution is 2.31. The number of aryl methyl sites for hydroxylation is 1. The van der Waals surface area contributed by atoms with Crippen LogP contribution in [-0.2, 0) is 19.6 Å². The molecule has 0 aliphatic heterocycles. The van der Waals surface area contributed by atoms with Gasteiger partial charge < -0.3 is 4.74 Å². The highest BCUT2D eigenvalue weighted by atomic mass is 35.5. The molecular weight excluding hydrogens is 523 g/mol. The van der Waals surface area contributed by atoms with Gasteiger partial charge in [-0.25, -0.2) is 8.42 Å². The van der Waals surface area contributed by atoms with E-state index in [1.165, 1.54) is 18.2 Å². The summed E-state index contributed by atoms with van der Waals surface area (Å²) >= 11 is 12.2. The van der Waals surface area contributed by atoms with Crippen LogP contribution < -0.4 is 4.31 Å². The van der Waals surface area contributed by atoms with Crippen LogP contribution in [0.3, 0.4) is 0 Å². The third-order valence-corrected chi connectivity index (χ3v) is 7.30. The summed E-state index contributed by atoms with van der Waals surface area (Å²) in [6.45, 7) is 6.44. The molecule has 0 saturated heterocycles. The maximum Gasteiger partial charge on any atom is 0.327 e. The van der Waals surface area contributed by atoms with Gasteiger partial charge in [0.2, 0.25) is 0 Å². The van der Waals surface area contributed by atoms with Gasteiger partial charge in [0, 0.05) is 21.6 Å². The van der Waals surface area contributed by atoms with Crippen LogP contribution in [0.2, 0.25) is 10.0 Å². The lowest BCUT2D eigenvalue weighted by Gasteiger charge is -2.26. The van der Waals surface area contributed by atoms with Gasteiger partial charge in [-0.2, -0.15) is 5.10 Å². The van der Waals surface area contributed by atoms with E-state index in [-0.39, 0.29) is 20.6 Å². The average Bonchev–Trinajstić information content (AvgIpc) is 3.19. The minimum Gasteiger partial charge on any atom is -0.459 e. The quantitative estimate of drug-likeness (QED) is 0.293. The van der Waals surface area contributed by atoms with Gasteiger partial charge in [-0.3, -0.25) is 13.7 Å². The fourth-order valence-electron chi connectivity index (χ4n) is 3.62. The molecule has 11 heteroatoms. The van der Waals surface area contributed by atoms with Gasteiger partial charge in [0.25, 0.3) is 10.0 Å². The fraction of sp³-hybridized carbons (Fsp3) is 0.240. The standard InChI is InChI=1S/C25H24Cl2N4O4S/c1-16-5-8-23(29-28-16)30-10-9-17-11-20(6-7-22(17)30)31(15-24(32)35-25(2,3)4)36(33,34)21-13-18(26)12-19(27)14-21/h5-14H,15H2,1-4H3. The number of hydrogen-bond acceptors (Lipinski definition) is 6. The van der Waals surface area contributed by atoms with Gasteiger partial charge in [0.1, 0.15) is 12.1 Å². The third kappa shape index (κ3) is 5.64. The number of carbonyl (C=O) groups is 1. The third-order valence-electron chi connectivity index (χ3n) is 5.11. The second-order valence-electron chi connectivity index (χ2n) is 9.17. The number of esters is 1. The molecular formula is C25H24Cl2N4O4S. The molecule has 0 fully saturated rings. The van der Waals surface area contributed by atoms with Crippen LogP contribution in [0.25, 0.3) is 16.7 Å². The smallest absolute Gasteiger partial charge is 0.327 e. The molecule has 0 atom stereocenters. The zero-order valence-corrected chi connectivity index (χ0v) is 22.4. The van der Waals surface area contributed by atoms with Crippen molar-refractivity contribution in [3.63, 3.8) is 0 Å². The Morgan fingerprint density at radius 2 is 1.69 bits per heavy atom. The van der Waals surface area contributed by atoms with E-state index in [9.17, 15) is 13.2 Å². The maximum absolute atomic E-state index is 13.7. The second kappa shape index (κ2) is 9.72. The molecule has 36 heavy (non-hydrogen) atoms. The van der Waals surface area contributed by atoms with E-state index < -0.39 is 28.1 Å². The first kappa shape index (κ1) is 25.9. The summed E-state index contributed by atoms with van der Waals surface area (Å²) in [6, 6.07) is 14.6.